The summed E-state index contributed by atoms with van der Waals surface area (Å²) < 4.78 is 121. The Labute approximate surface area is 229 Å². The van der Waals surface area contributed by atoms with Crippen LogP contribution in [-0.4, -0.2) is 32.4 Å². The zero-order valence-electron chi connectivity index (χ0n) is 19.9. The number of ketones is 1. The SMILES string of the molecule is CC(C)(CC(=O)c1ccc(/C(F)=C/C(c2cc(Cl)c(Cl)c(Cl)c2)C(F)(F)F)cc1C(F)(F)F)CS(C)(=O)=O. The lowest BCUT2D eigenvalue weighted by molar-refractivity contribution is -0.140. The summed E-state index contributed by atoms with van der Waals surface area (Å²) in [6.07, 6.45) is -9.89. The number of alkyl halides is 6. The lowest BCUT2D eigenvalue weighted by Gasteiger charge is -2.23. The van der Waals surface area contributed by atoms with Crippen LogP contribution in [-0.2, 0) is 16.0 Å². The minimum Gasteiger partial charge on any atom is -0.294 e. The Hall–Kier alpha value is -1.82. The molecule has 0 radical (unpaired) electrons. The first-order valence-corrected chi connectivity index (χ1v) is 13.7. The summed E-state index contributed by atoms with van der Waals surface area (Å²) in [5.41, 5.74) is -5.16. The molecule has 1 atom stereocenters. The van der Waals surface area contributed by atoms with Crippen molar-refractivity contribution in [3.8, 4) is 0 Å². The van der Waals surface area contributed by atoms with Crippen LogP contribution in [0.25, 0.3) is 5.83 Å². The van der Waals surface area contributed by atoms with Crippen molar-refractivity contribution in [1.29, 1.82) is 0 Å². The van der Waals surface area contributed by atoms with Crippen LogP contribution in [0, 0.1) is 5.41 Å². The second-order valence-electron chi connectivity index (χ2n) is 9.42. The normalized spacial score (nSPS) is 14.5. The van der Waals surface area contributed by atoms with Gasteiger partial charge in [0.05, 0.1) is 26.4 Å². The Morgan fingerprint density at radius 3 is 1.95 bits per heavy atom. The number of allylic oxidation sites excluding steroid dienone is 1. The number of Topliss-reactive ketones (excluding diaryl/α,β-unsaturated/α-hetero) is 1. The number of rotatable bonds is 8. The number of carbonyl (C=O) groups is 1. The van der Waals surface area contributed by atoms with E-state index in [1.165, 1.54) is 13.8 Å². The summed E-state index contributed by atoms with van der Waals surface area (Å²) in [5, 5.41) is -0.936. The molecule has 3 nitrogen and oxygen atoms in total. The fraction of sp³-hybridized carbons (Fsp3) is 0.375. The summed E-state index contributed by atoms with van der Waals surface area (Å²) in [6.45, 7) is 2.76. The van der Waals surface area contributed by atoms with E-state index in [0.29, 0.717) is 6.07 Å². The maximum atomic E-state index is 15.0. The van der Waals surface area contributed by atoms with Gasteiger partial charge < -0.3 is 0 Å². The molecule has 2 rings (SSSR count). The van der Waals surface area contributed by atoms with Gasteiger partial charge in [0.25, 0.3) is 0 Å². The summed E-state index contributed by atoms with van der Waals surface area (Å²) in [5.74, 6) is -5.86. The Bertz CT molecular complexity index is 1340. The maximum absolute atomic E-state index is 15.0. The number of halogens is 10. The summed E-state index contributed by atoms with van der Waals surface area (Å²) >= 11 is 17.3. The third-order valence-corrected chi connectivity index (χ3v) is 7.73. The first-order chi connectivity index (χ1) is 17.0. The Balaban J connectivity index is 2.57. The maximum Gasteiger partial charge on any atom is 0.417 e. The fourth-order valence-electron chi connectivity index (χ4n) is 3.84. The van der Waals surface area contributed by atoms with Crippen LogP contribution in [0.2, 0.25) is 15.1 Å². The van der Waals surface area contributed by atoms with E-state index in [2.05, 4.69) is 0 Å². The van der Waals surface area contributed by atoms with Crippen molar-refractivity contribution in [2.45, 2.75) is 38.5 Å². The van der Waals surface area contributed by atoms with E-state index in [0.717, 1.165) is 24.5 Å². The van der Waals surface area contributed by atoms with Gasteiger partial charge in [-0.05, 0) is 35.3 Å². The molecule has 0 bridgehead atoms. The first kappa shape index (κ1) is 32.4. The molecule has 0 fully saturated rings. The lowest BCUT2D eigenvalue weighted by atomic mass is 9.86. The highest BCUT2D eigenvalue weighted by molar-refractivity contribution is 7.90. The van der Waals surface area contributed by atoms with E-state index >= 15 is 0 Å². The van der Waals surface area contributed by atoms with Gasteiger partial charge >= 0.3 is 12.4 Å². The molecule has 2 aromatic rings. The van der Waals surface area contributed by atoms with Crippen LogP contribution in [0.3, 0.4) is 0 Å². The van der Waals surface area contributed by atoms with Crippen molar-refractivity contribution in [2.75, 3.05) is 12.0 Å². The third-order valence-electron chi connectivity index (χ3n) is 5.22. The van der Waals surface area contributed by atoms with E-state index in [1.54, 1.807) is 0 Å². The summed E-state index contributed by atoms with van der Waals surface area (Å²) in [7, 11) is -3.57. The molecule has 0 N–H and O–H groups in total. The average molecular weight is 628 g/mol. The second-order valence-corrected chi connectivity index (χ2v) is 12.8. The number of benzene rings is 2. The molecular formula is C24H20Cl3F7O3S. The van der Waals surface area contributed by atoms with Gasteiger partial charge in [0, 0.05) is 23.8 Å². The molecule has 0 aliphatic rings. The summed E-state index contributed by atoms with van der Waals surface area (Å²) in [6, 6.07) is 3.20. The fourth-order valence-corrected chi connectivity index (χ4v) is 5.97. The topological polar surface area (TPSA) is 51.2 Å². The molecule has 0 saturated carbocycles. The van der Waals surface area contributed by atoms with Crippen LogP contribution in [0.15, 0.2) is 36.4 Å². The molecule has 0 saturated heterocycles. The predicted molar refractivity (Wildman–Crippen MR) is 133 cm³/mol. The number of hydrogen-bond acceptors (Lipinski definition) is 3. The molecule has 14 heteroatoms. The Kier molecular flexibility index (Phi) is 9.67. The van der Waals surface area contributed by atoms with Gasteiger partial charge in [0.15, 0.2) is 5.78 Å². The molecule has 210 valence electrons. The molecule has 2 aromatic carbocycles. The Morgan fingerprint density at radius 1 is 0.974 bits per heavy atom. The molecule has 0 amide bonds. The van der Waals surface area contributed by atoms with Gasteiger partial charge in [0.2, 0.25) is 0 Å². The van der Waals surface area contributed by atoms with Crippen LogP contribution in [0.4, 0.5) is 30.7 Å². The van der Waals surface area contributed by atoms with Gasteiger partial charge in [-0.15, -0.1) is 0 Å². The van der Waals surface area contributed by atoms with E-state index < -0.39 is 79.6 Å². The highest BCUT2D eigenvalue weighted by Crippen LogP contribution is 2.43. The average Bonchev–Trinajstić information content (AvgIpc) is 2.71. The smallest absolute Gasteiger partial charge is 0.294 e. The van der Waals surface area contributed by atoms with Gasteiger partial charge in [-0.3, -0.25) is 4.79 Å². The number of sulfone groups is 1. The monoisotopic (exact) mass is 626 g/mol. The van der Waals surface area contributed by atoms with Crippen LogP contribution in [0.5, 0.6) is 0 Å². The van der Waals surface area contributed by atoms with Crippen LogP contribution < -0.4 is 0 Å². The van der Waals surface area contributed by atoms with E-state index in [1.807, 2.05) is 0 Å². The number of hydrogen-bond donors (Lipinski definition) is 0. The van der Waals surface area contributed by atoms with Crippen molar-refractivity contribution in [1.82, 2.24) is 0 Å². The van der Waals surface area contributed by atoms with Crippen LogP contribution in [0.1, 0.15) is 53.2 Å². The highest BCUT2D eigenvalue weighted by atomic mass is 35.5. The lowest BCUT2D eigenvalue weighted by Crippen LogP contribution is -2.27. The minimum atomic E-state index is -5.18. The summed E-state index contributed by atoms with van der Waals surface area (Å²) in [4.78, 5) is 12.7. The van der Waals surface area contributed by atoms with Crippen molar-refractivity contribution in [3.05, 3.63) is 73.7 Å². The van der Waals surface area contributed by atoms with E-state index in [9.17, 15) is 43.9 Å². The molecule has 0 spiro atoms. The second kappa shape index (κ2) is 11.3. The van der Waals surface area contributed by atoms with Crippen molar-refractivity contribution < 1.29 is 43.9 Å². The zero-order valence-corrected chi connectivity index (χ0v) is 23.0. The highest BCUT2D eigenvalue weighted by Gasteiger charge is 2.41. The van der Waals surface area contributed by atoms with E-state index in [-0.39, 0.29) is 27.2 Å². The van der Waals surface area contributed by atoms with Crippen molar-refractivity contribution in [2.24, 2.45) is 5.41 Å². The molecule has 0 aliphatic heterocycles. The minimum absolute atomic E-state index is 0.0576. The quantitative estimate of drug-likeness (QED) is 0.167. The molecule has 1 unspecified atom stereocenters. The molecule has 0 aromatic heterocycles. The van der Waals surface area contributed by atoms with Gasteiger partial charge in [-0.2, -0.15) is 26.3 Å². The van der Waals surface area contributed by atoms with Gasteiger partial charge in [-0.1, -0.05) is 60.8 Å². The largest absolute Gasteiger partial charge is 0.417 e. The van der Waals surface area contributed by atoms with Crippen LogP contribution >= 0.6 is 34.8 Å². The zero-order chi connectivity index (χ0) is 29.4. The molecule has 38 heavy (non-hydrogen) atoms. The molecule has 0 heterocycles. The predicted octanol–water partition coefficient (Wildman–Crippen LogP) is 8.97. The van der Waals surface area contributed by atoms with Crippen molar-refractivity contribution in [3.63, 3.8) is 0 Å². The van der Waals surface area contributed by atoms with E-state index in [4.69, 9.17) is 34.8 Å². The van der Waals surface area contributed by atoms with Gasteiger partial charge in [0.1, 0.15) is 21.6 Å². The number of carbonyl (C=O) groups excluding carboxylic acids is 1. The van der Waals surface area contributed by atoms with Gasteiger partial charge in [-0.25, -0.2) is 12.8 Å². The Morgan fingerprint density at radius 2 is 1.50 bits per heavy atom. The first-order valence-electron chi connectivity index (χ1n) is 10.5. The molecule has 0 aliphatic carbocycles. The van der Waals surface area contributed by atoms with Crippen molar-refractivity contribution >= 4 is 56.3 Å². The molecular weight excluding hydrogens is 608 g/mol. The standard InChI is InChI=1S/C24H20Cl3F7O3S/c1-22(2,11-38(3,36)37)10-20(35)14-5-4-12(6-16(14)24(32,33)34)19(28)9-15(23(29,30)31)13-7-17(25)21(27)18(26)8-13/h4-9,15H,10-11H2,1-3H3/b19-9-. The third kappa shape index (κ3) is 8.59.